The van der Waals surface area contributed by atoms with Crippen molar-refractivity contribution in [3.8, 4) is 0 Å². The van der Waals surface area contributed by atoms with Crippen molar-refractivity contribution in [2.75, 3.05) is 11.5 Å². The van der Waals surface area contributed by atoms with E-state index in [0.717, 1.165) is 0 Å². The second kappa shape index (κ2) is 2.95. The average molecular weight is 256 g/mol. The molecule has 1 aromatic heterocycles. The summed E-state index contributed by atoms with van der Waals surface area (Å²) in [7, 11) is 0. The summed E-state index contributed by atoms with van der Waals surface area (Å²) in [5.74, 6) is -0.0748. The van der Waals surface area contributed by atoms with E-state index in [1.165, 1.54) is 0 Å². The van der Waals surface area contributed by atoms with Crippen LogP contribution in [-0.4, -0.2) is 10.1 Å². The monoisotopic (exact) mass is 255 g/mol. The number of anilines is 2. The van der Waals surface area contributed by atoms with E-state index in [1.54, 1.807) is 12.1 Å². The number of nitrogens with zero attached hydrogens (tertiary/aromatic N) is 3. The van der Waals surface area contributed by atoms with E-state index in [-0.39, 0.29) is 5.95 Å². The predicted molar refractivity (Wildman–Crippen MR) is 55.0 cm³/mol. The highest BCUT2D eigenvalue weighted by atomic mass is 79.9. The third kappa shape index (κ3) is 1.31. The smallest absolute Gasteiger partial charge is 0.288 e. The number of benzene rings is 1. The van der Waals surface area contributed by atoms with Crippen LogP contribution >= 0.6 is 15.9 Å². The lowest BCUT2D eigenvalue weighted by atomic mass is 10.3. The van der Waals surface area contributed by atoms with Gasteiger partial charge in [0.25, 0.3) is 11.5 Å². The molecule has 0 saturated carbocycles. The van der Waals surface area contributed by atoms with Gasteiger partial charge in [0.1, 0.15) is 5.52 Å². The Morgan fingerprint density at radius 3 is 2.79 bits per heavy atom. The average Bonchev–Trinajstić information content (AvgIpc) is 2.08. The number of hydrogen-bond donors (Lipinski definition) is 2. The topological polar surface area (TPSA) is 105 Å². The first-order valence-corrected chi connectivity index (χ1v) is 4.49. The van der Waals surface area contributed by atoms with E-state index in [4.69, 9.17) is 11.5 Å². The van der Waals surface area contributed by atoms with Crippen molar-refractivity contribution in [1.29, 1.82) is 0 Å². The number of halogens is 1. The number of hydrogen-bond acceptors (Lipinski definition) is 5. The fourth-order valence-corrected chi connectivity index (χ4v) is 1.43. The van der Waals surface area contributed by atoms with Crippen molar-refractivity contribution in [2.24, 2.45) is 0 Å². The van der Waals surface area contributed by atoms with E-state index >= 15 is 0 Å². The number of nitrogen functional groups attached to an aromatic ring is 2. The minimum Gasteiger partial charge on any atom is -0.594 e. The Kier molecular flexibility index (Phi) is 1.88. The summed E-state index contributed by atoms with van der Waals surface area (Å²) in [6, 6.07) is 3.11. The Labute approximate surface area is 87.2 Å². The van der Waals surface area contributed by atoms with Gasteiger partial charge in [-0.25, -0.2) is 4.98 Å². The minimum absolute atomic E-state index is 0.0748. The quantitative estimate of drug-likeness (QED) is 0.397. The maximum Gasteiger partial charge on any atom is 0.288 e. The molecule has 7 heteroatoms. The van der Waals surface area contributed by atoms with Crippen LogP contribution < -0.4 is 16.3 Å². The van der Waals surface area contributed by atoms with Crippen molar-refractivity contribution in [3.63, 3.8) is 0 Å². The van der Waals surface area contributed by atoms with Crippen molar-refractivity contribution >= 4 is 38.6 Å². The van der Waals surface area contributed by atoms with Crippen LogP contribution in [0.25, 0.3) is 11.0 Å². The van der Waals surface area contributed by atoms with E-state index < -0.39 is 0 Å². The third-order valence-electron chi connectivity index (χ3n) is 1.73. The molecular formula is C7H6BrN5O. The Morgan fingerprint density at radius 1 is 1.36 bits per heavy atom. The lowest BCUT2D eigenvalue weighted by molar-refractivity contribution is -0.641. The maximum atomic E-state index is 11.3. The second-order valence-corrected chi connectivity index (χ2v) is 3.56. The molecule has 0 atom stereocenters. The molecule has 0 aliphatic heterocycles. The van der Waals surface area contributed by atoms with Crippen LogP contribution in [0.2, 0.25) is 0 Å². The Balaban J connectivity index is 2.89. The van der Waals surface area contributed by atoms with E-state index in [0.29, 0.717) is 26.0 Å². The van der Waals surface area contributed by atoms with E-state index in [9.17, 15) is 5.21 Å². The van der Waals surface area contributed by atoms with Crippen LogP contribution in [0.3, 0.4) is 0 Å². The molecule has 0 spiro atoms. The van der Waals surface area contributed by atoms with Gasteiger partial charge in [-0.15, -0.1) is 0 Å². The van der Waals surface area contributed by atoms with Gasteiger partial charge in [-0.05, 0) is 26.8 Å². The fourth-order valence-electron chi connectivity index (χ4n) is 1.10. The molecule has 2 aromatic rings. The standard InChI is InChI=1S/C7H6BrN5O/c8-3-1-6-5(2-4(3)9)11-7(10)12-13(6)14/h1-2H,9H2,(H2,10,11,12). The van der Waals surface area contributed by atoms with Crippen LogP contribution in [-0.2, 0) is 0 Å². The first-order valence-electron chi connectivity index (χ1n) is 3.70. The molecule has 0 aliphatic carbocycles. The minimum atomic E-state index is -0.0748. The predicted octanol–water partition coefficient (Wildman–Crippen LogP) is 0.190. The van der Waals surface area contributed by atoms with Gasteiger partial charge in [0.05, 0.1) is 5.10 Å². The zero-order valence-electron chi connectivity index (χ0n) is 6.94. The van der Waals surface area contributed by atoms with Crippen LogP contribution in [0.5, 0.6) is 0 Å². The van der Waals surface area contributed by atoms with Crippen LogP contribution in [0.1, 0.15) is 0 Å². The molecule has 2 rings (SSSR count). The first kappa shape index (κ1) is 8.95. The fraction of sp³-hybridized carbons (Fsp3) is 0. The molecule has 6 nitrogen and oxygen atoms in total. The molecule has 0 amide bonds. The number of aromatic nitrogens is 3. The Hall–Kier alpha value is -1.63. The van der Waals surface area contributed by atoms with Gasteiger partial charge in [0, 0.05) is 16.2 Å². The van der Waals surface area contributed by atoms with Crippen LogP contribution in [0.15, 0.2) is 16.6 Å². The summed E-state index contributed by atoms with van der Waals surface area (Å²) in [4.78, 5) is 4.30. The summed E-state index contributed by atoms with van der Waals surface area (Å²) < 4.78 is 0.628. The summed E-state index contributed by atoms with van der Waals surface area (Å²) >= 11 is 3.20. The summed E-state index contributed by atoms with van der Waals surface area (Å²) in [6.07, 6.45) is 0. The summed E-state index contributed by atoms with van der Waals surface area (Å²) in [5, 5.41) is 14.7. The lowest BCUT2D eigenvalue weighted by Gasteiger charge is -2.01. The normalized spacial score (nSPS) is 10.6. The molecule has 1 heterocycles. The van der Waals surface area contributed by atoms with Crippen molar-refractivity contribution in [3.05, 3.63) is 21.8 Å². The van der Waals surface area contributed by atoms with Crippen molar-refractivity contribution in [1.82, 2.24) is 10.1 Å². The van der Waals surface area contributed by atoms with Crippen LogP contribution in [0.4, 0.5) is 11.6 Å². The number of nitrogens with two attached hydrogens (primary N) is 2. The van der Waals surface area contributed by atoms with Gasteiger partial charge in [0.15, 0.2) is 0 Å². The SMILES string of the molecule is Nc1nc2cc(N)c(Br)cc2[n+]([O-])n1. The molecule has 4 N–H and O–H groups in total. The first-order chi connectivity index (χ1) is 6.58. The molecular weight excluding hydrogens is 250 g/mol. The highest BCUT2D eigenvalue weighted by Crippen LogP contribution is 2.23. The van der Waals surface area contributed by atoms with E-state index in [1.807, 2.05) is 0 Å². The molecule has 0 fully saturated rings. The highest BCUT2D eigenvalue weighted by Gasteiger charge is 2.11. The number of rotatable bonds is 0. The molecule has 0 unspecified atom stereocenters. The van der Waals surface area contributed by atoms with Gasteiger partial charge in [-0.3, -0.25) is 0 Å². The summed E-state index contributed by atoms with van der Waals surface area (Å²) in [5.41, 5.74) is 12.2. The summed E-state index contributed by atoms with van der Waals surface area (Å²) in [6.45, 7) is 0. The zero-order chi connectivity index (χ0) is 10.3. The highest BCUT2D eigenvalue weighted by molar-refractivity contribution is 9.10. The Morgan fingerprint density at radius 2 is 2.07 bits per heavy atom. The zero-order valence-corrected chi connectivity index (χ0v) is 8.52. The second-order valence-electron chi connectivity index (χ2n) is 2.71. The van der Waals surface area contributed by atoms with Gasteiger partial charge in [-0.1, -0.05) is 0 Å². The molecule has 0 radical (unpaired) electrons. The molecule has 1 aromatic carbocycles. The molecule has 72 valence electrons. The molecule has 14 heavy (non-hydrogen) atoms. The largest absolute Gasteiger partial charge is 0.594 e. The van der Waals surface area contributed by atoms with Gasteiger partial charge < -0.3 is 16.7 Å². The van der Waals surface area contributed by atoms with Crippen molar-refractivity contribution in [2.45, 2.75) is 0 Å². The van der Waals surface area contributed by atoms with Gasteiger partial charge in [-0.2, -0.15) is 0 Å². The third-order valence-corrected chi connectivity index (χ3v) is 2.41. The molecule has 0 bridgehead atoms. The number of fused-ring (bicyclic) bond motifs is 1. The van der Waals surface area contributed by atoms with E-state index in [2.05, 4.69) is 26.0 Å². The van der Waals surface area contributed by atoms with Gasteiger partial charge >= 0.3 is 0 Å². The maximum absolute atomic E-state index is 11.3. The lowest BCUT2D eigenvalue weighted by Crippen LogP contribution is -2.33. The van der Waals surface area contributed by atoms with Crippen LogP contribution in [0, 0.1) is 5.21 Å². The molecule has 0 saturated heterocycles. The van der Waals surface area contributed by atoms with Crippen molar-refractivity contribution < 1.29 is 4.85 Å². The molecule has 0 aliphatic rings. The Bertz CT molecular complexity index is 515. The van der Waals surface area contributed by atoms with Gasteiger partial charge in [0.2, 0.25) is 0 Å².